The molecular weight excluding hydrogens is 320 g/mol. The Kier molecular flexibility index (Phi) is 3.10. The van der Waals surface area contributed by atoms with Gasteiger partial charge in [-0.3, -0.25) is 4.79 Å². The van der Waals surface area contributed by atoms with E-state index in [2.05, 4.69) is 13.8 Å². The lowest BCUT2D eigenvalue weighted by Gasteiger charge is -2.74. The third-order valence-corrected chi connectivity index (χ3v) is 9.78. The Morgan fingerprint density at radius 2 is 1.92 bits per heavy atom. The van der Waals surface area contributed by atoms with Gasteiger partial charge in [-0.05, 0) is 49.9 Å². The number of fused-ring (bicyclic) bond motifs is 3. The maximum absolute atomic E-state index is 12.7. The highest BCUT2D eigenvalue weighted by atomic mass is 32.1. The first kappa shape index (κ1) is 16.1. The fraction of sp³-hybridized carbons (Fsp3) is 0.950. The van der Waals surface area contributed by atoms with Crippen LogP contribution in [0.1, 0.15) is 65.2 Å². The van der Waals surface area contributed by atoms with Gasteiger partial charge in [0.15, 0.2) is 5.79 Å². The van der Waals surface area contributed by atoms with Crippen molar-refractivity contribution in [2.24, 2.45) is 28.6 Å². The fourth-order valence-electron chi connectivity index (χ4n) is 7.89. The summed E-state index contributed by atoms with van der Waals surface area (Å²) in [5.41, 5.74) is -0.193. The van der Waals surface area contributed by atoms with Crippen molar-refractivity contribution in [2.45, 2.75) is 81.9 Å². The Balaban J connectivity index is 1.67. The zero-order valence-electron chi connectivity index (χ0n) is 15.1. The number of carbonyl (C=O) groups excluding carboxylic acids is 1. The average molecular weight is 351 g/mol. The maximum atomic E-state index is 12.7. The minimum Gasteiger partial charge on any atom is -0.353 e. The van der Waals surface area contributed by atoms with Crippen LogP contribution in [0.15, 0.2) is 0 Å². The van der Waals surface area contributed by atoms with E-state index in [1.165, 1.54) is 19.3 Å². The topological polar surface area (TPSA) is 35.5 Å². The summed E-state index contributed by atoms with van der Waals surface area (Å²) in [6.07, 6.45) is 8.36. The first-order valence-electron chi connectivity index (χ1n) is 9.78. The van der Waals surface area contributed by atoms with E-state index in [0.29, 0.717) is 23.5 Å². The van der Waals surface area contributed by atoms with Gasteiger partial charge in [-0.15, -0.1) is 0 Å². The van der Waals surface area contributed by atoms with Crippen LogP contribution in [0.3, 0.4) is 0 Å². The van der Waals surface area contributed by atoms with Crippen LogP contribution in [0.2, 0.25) is 0 Å². The van der Waals surface area contributed by atoms with Crippen molar-refractivity contribution in [3.8, 4) is 0 Å². The number of hydrogen-bond acceptors (Lipinski definition) is 4. The molecule has 0 aromatic carbocycles. The average Bonchev–Trinajstić information content (AvgIpc) is 2.83. The number of thiol groups is 1. The molecule has 4 aliphatic carbocycles. The largest absolute Gasteiger partial charge is 0.353 e. The molecule has 0 aromatic rings. The molecule has 2 heterocycles. The molecule has 1 spiro atoms. The molecule has 6 aliphatic rings. The first-order chi connectivity index (χ1) is 11.3. The molecule has 6 fully saturated rings. The molecule has 0 N–H and O–H groups in total. The Morgan fingerprint density at radius 1 is 1.12 bits per heavy atom. The van der Waals surface area contributed by atoms with Crippen LogP contribution in [0.4, 0.5) is 0 Å². The molecule has 0 amide bonds. The molecule has 8 atom stereocenters. The van der Waals surface area contributed by atoms with E-state index in [1.54, 1.807) is 0 Å². The van der Waals surface area contributed by atoms with E-state index in [4.69, 9.17) is 22.1 Å². The minimum atomic E-state index is -0.404. The van der Waals surface area contributed by atoms with Crippen molar-refractivity contribution in [3.05, 3.63) is 0 Å². The molecule has 134 valence electrons. The molecule has 2 saturated heterocycles. The lowest BCUT2D eigenvalue weighted by Crippen LogP contribution is -2.78. The van der Waals surface area contributed by atoms with Crippen molar-refractivity contribution >= 4 is 18.4 Å². The van der Waals surface area contributed by atoms with Gasteiger partial charge in [0.2, 0.25) is 0 Å². The van der Waals surface area contributed by atoms with Crippen molar-refractivity contribution < 1.29 is 14.3 Å². The quantitative estimate of drug-likeness (QED) is 0.726. The first-order valence-corrected chi connectivity index (χ1v) is 10.3. The third kappa shape index (κ3) is 1.54. The molecule has 2 aliphatic heterocycles. The zero-order valence-corrected chi connectivity index (χ0v) is 16.0. The summed E-state index contributed by atoms with van der Waals surface area (Å²) in [5, 5.41) is 0.133. The van der Waals surface area contributed by atoms with Crippen LogP contribution in [0.5, 0.6) is 0 Å². The van der Waals surface area contributed by atoms with Crippen LogP contribution in [0.25, 0.3) is 0 Å². The van der Waals surface area contributed by atoms with E-state index in [0.717, 1.165) is 32.1 Å². The molecule has 24 heavy (non-hydrogen) atoms. The van der Waals surface area contributed by atoms with Gasteiger partial charge in [-0.2, -0.15) is 12.6 Å². The summed E-state index contributed by atoms with van der Waals surface area (Å²) in [4.78, 5) is 12.7. The molecule has 4 bridgehead atoms. The van der Waals surface area contributed by atoms with Crippen LogP contribution in [-0.2, 0) is 14.3 Å². The lowest BCUT2D eigenvalue weighted by atomic mass is 9.40. The third-order valence-electron chi connectivity index (χ3n) is 9.22. The Morgan fingerprint density at radius 3 is 2.67 bits per heavy atom. The highest BCUT2D eigenvalue weighted by Crippen LogP contribution is 2.74. The summed E-state index contributed by atoms with van der Waals surface area (Å²) in [7, 11) is 1.81. The van der Waals surface area contributed by atoms with Crippen molar-refractivity contribution in [3.63, 3.8) is 0 Å². The molecule has 6 rings (SSSR count). The number of ether oxygens (including phenoxy) is 2. The summed E-state index contributed by atoms with van der Waals surface area (Å²) in [6, 6.07) is 0. The van der Waals surface area contributed by atoms with Gasteiger partial charge < -0.3 is 9.47 Å². The predicted octanol–water partition coefficient (Wildman–Crippen LogP) is 4.00. The molecule has 3 nitrogen and oxygen atoms in total. The highest BCUT2D eigenvalue weighted by Gasteiger charge is 2.76. The fourth-order valence-corrected chi connectivity index (χ4v) is 8.81. The lowest BCUT2D eigenvalue weighted by molar-refractivity contribution is -0.419. The van der Waals surface area contributed by atoms with Crippen molar-refractivity contribution in [1.29, 1.82) is 0 Å². The number of Topliss-reactive ketones (excluding diaryl/α,β-unsaturated/α-hetero) is 1. The van der Waals surface area contributed by atoms with Gasteiger partial charge in [0, 0.05) is 42.5 Å². The van der Waals surface area contributed by atoms with Gasteiger partial charge in [-0.1, -0.05) is 13.8 Å². The van der Waals surface area contributed by atoms with E-state index in [1.807, 2.05) is 7.11 Å². The van der Waals surface area contributed by atoms with E-state index >= 15 is 0 Å². The van der Waals surface area contributed by atoms with Crippen LogP contribution in [-0.4, -0.2) is 29.5 Å². The Bertz CT molecular complexity index is 608. The second kappa shape index (κ2) is 4.61. The van der Waals surface area contributed by atoms with Crippen molar-refractivity contribution in [1.82, 2.24) is 0 Å². The minimum absolute atomic E-state index is 0.133. The second-order valence-corrected chi connectivity index (χ2v) is 10.3. The summed E-state index contributed by atoms with van der Waals surface area (Å²) >= 11 is 5.13. The van der Waals surface area contributed by atoms with Gasteiger partial charge in [0.05, 0.1) is 5.60 Å². The number of ketones is 1. The SMILES string of the molecule is COC12CC[C@@]3(C)C(CC[C@H]4[C@@H]5CCC(=O)[C@@]5(C)CC(S)[C@@]43O1)C2. The number of hydrogen-bond donors (Lipinski definition) is 1. The summed E-state index contributed by atoms with van der Waals surface area (Å²) in [6.45, 7) is 4.68. The smallest absolute Gasteiger partial charge is 0.169 e. The van der Waals surface area contributed by atoms with E-state index < -0.39 is 5.79 Å². The Labute approximate surface area is 150 Å². The van der Waals surface area contributed by atoms with E-state index in [-0.39, 0.29) is 21.7 Å². The monoisotopic (exact) mass is 350 g/mol. The predicted molar refractivity (Wildman–Crippen MR) is 95.0 cm³/mol. The molecule has 0 radical (unpaired) electrons. The van der Waals surface area contributed by atoms with Crippen LogP contribution in [0, 0.1) is 28.6 Å². The van der Waals surface area contributed by atoms with Gasteiger partial charge in [0.1, 0.15) is 5.78 Å². The standard InChI is InChI=1S/C20H30O3S/c1-17-11-16(24)20-14(13(17)6-7-15(17)21)5-4-12-10-19(22-3,23-20)9-8-18(12,20)2/h12-14,16,24H,4-11H2,1-3H3/t12?,13-,14-,16?,17-,18-,19?,20-/m0/s1. The van der Waals surface area contributed by atoms with Crippen molar-refractivity contribution in [2.75, 3.05) is 7.11 Å². The van der Waals surface area contributed by atoms with Gasteiger partial charge >= 0.3 is 0 Å². The molecule has 0 aromatic heterocycles. The highest BCUT2D eigenvalue weighted by molar-refractivity contribution is 7.81. The van der Waals surface area contributed by atoms with E-state index in [9.17, 15) is 4.79 Å². The van der Waals surface area contributed by atoms with Gasteiger partial charge in [-0.25, -0.2) is 0 Å². The number of carbonyl (C=O) groups is 1. The molecule has 3 unspecified atom stereocenters. The maximum Gasteiger partial charge on any atom is 0.169 e. The molecule has 4 saturated carbocycles. The number of methoxy groups -OCH3 is 1. The zero-order chi connectivity index (χ0) is 17.0. The van der Waals surface area contributed by atoms with Gasteiger partial charge in [0.25, 0.3) is 0 Å². The number of rotatable bonds is 1. The molecule has 4 heteroatoms. The summed E-state index contributed by atoms with van der Waals surface area (Å²) in [5.74, 6) is 1.67. The molecular formula is C20H30O3S. The summed E-state index contributed by atoms with van der Waals surface area (Å²) < 4.78 is 13.0. The van der Waals surface area contributed by atoms with Crippen LogP contribution < -0.4 is 0 Å². The van der Waals surface area contributed by atoms with Crippen LogP contribution >= 0.6 is 12.6 Å². The normalized spacial score (nSPS) is 61.6. The Hall–Kier alpha value is -0.0600. The second-order valence-electron chi connectivity index (χ2n) is 9.72.